The lowest BCUT2D eigenvalue weighted by atomic mass is 9.93. The number of amides is 2. The number of ether oxygens (including phenoxy) is 4. The van der Waals surface area contributed by atoms with E-state index in [4.69, 9.17) is 42.1 Å². The summed E-state index contributed by atoms with van der Waals surface area (Å²) in [4.78, 5) is 39.7. The van der Waals surface area contributed by atoms with Crippen molar-refractivity contribution in [3.8, 4) is 17.4 Å². The number of hydrogen-bond acceptors (Lipinski definition) is 11. The number of alkyl halides is 1. The molecule has 2 aromatic heterocycles. The average molecular weight is 968 g/mol. The molecule has 350 valence electrons. The fourth-order valence-corrected chi connectivity index (χ4v) is 9.44. The molecule has 2 saturated heterocycles. The van der Waals surface area contributed by atoms with E-state index in [1.54, 1.807) is 29.3 Å². The average Bonchev–Trinajstić information content (AvgIpc) is 3.73. The minimum atomic E-state index is -4.58. The van der Waals surface area contributed by atoms with Crippen LogP contribution >= 0.6 is 23.2 Å². The van der Waals surface area contributed by atoms with Gasteiger partial charge in [0.2, 0.25) is 5.88 Å². The highest BCUT2D eigenvalue weighted by molar-refractivity contribution is 7.90. The first kappa shape index (κ1) is 47.0. The Bertz CT molecular complexity index is 2750. The third-order valence-electron chi connectivity index (χ3n) is 11.6. The van der Waals surface area contributed by atoms with Crippen LogP contribution in [0, 0.1) is 5.82 Å². The number of nitrogens with zero attached hydrogens (tertiary/aromatic N) is 4. The Kier molecular flexibility index (Phi) is 13.8. The summed E-state index contributed by atoms with van der Waals surface area (Å²) in [6.07, 6.45) is 3.16. The first-order valence-electron chi connectivity index (χ1n) is 21.5. The zero-order valence-corrected chi connectivity index (χ0v) is 39.0. The van der Waals surface area contributed by atoms with Gasteiger partial charge < -0.3 is 33.7 Å². The molecule has 14 nitrogen and oxygen atoms in total. The lowest BCUT2D eigenvalue weighted by molar-refractivity contribution is -0.0331. The van der Waals surface area contributed by atoms with Crippen molar-refractivity contribution >= 4 is 67.4 Å². The van der Waals surface area contributed by atoms with Crippen LogP contribution in [-0.4, -0.2) is 117 Å². The van der Waals surface area contributed by atoms with E-state index in [0.29, 0.717) is 73.8 Å². The molecule has 66 heavy (non-hydrogen) atoms. The summed E-state index contributed by atoms with van der Waals surface area (Å²) in [5.74, 6) is -2.20. The molecule has 5 heterocycles. The Morgan fingerprint density at radius 1 is 0.955 bits per heavy atom. The molecule has 19 heteroatoms. The number of fused-ring (bicyclic) bond motifs is 1. The number of hydrogen-bond donors (Lipinski definition) is 2. The maximum Gasteiger partial charge on any atom is 0.410 e. The molecule has 5 aromatic rings. The molecule has 0 bridgehead atoms. The van der Waals surface area contributed by atoms with Crippen LogP contribution in [0.1, 0.15) is 56.0 Å². The van der Waals surface area contributed by atoms with E-state index in [-0.39, 0.29) is 66.7 Å². The minimum absolute atomic E-state index is 0.0909. The van der Waals surface area contributed by atoms with Gasteiger partial charge in [0, 0.05) is 112 Å². The molecule has 0 atom stereocenters. The fraction of sp³-hybridized carbons (Fsp3) is 0.383. The number of piperazine rings is 1. The SMILES string of the molecule is CC(C)(C)OC(=O)N1CCC(c2ccc(Cl)cc2)=C(CN2CCN(c3ccc(C(=O)NS(=O)(=O)c4cnc(OCC5(F)CCOCC5)c(Cl)c4)c(Oc4cc5cc[nH]c5cc4F)c3)CC2)C1. The number of aromatic amines is 1. The standard InChI is InChI=1S/C47H50Cl2F2N6O8S/c1-46(2,3)65-45(59)57-15-11-36(30-4-6-33(48)7-5-30)32(28-57)27-55-16-18-56(19-17-55)34-8-9-37(41(23-34)64-42-22-31-10-14-52-40(31)25-39(42)50)43(58)54-66(60,61)35-24-38(49)44(53-26-35)63-29-47(51)12-20-62-21-13-47/h4-10,14,22-26,52H,11-13,15-21,27-29H2,1-3H3,(H,54,58). The predicted octanol–water partition coefficient (Wildman–Crippen LogP) is 9.03. The van der Waals surface area contributed by atoms with Crippen molar-refractivity contribution in [2.75, 3.05) is 70.5 Å². The second-order valence-corrected chi connectivity index (χ2v) is 20.1. The van der Waals surface area contributed by atoms with Crippen molar-refractivity contribution in [1.29, 1.82) is 0 Å². The van der Waals surface area contributed by atoms with Crippen LogP contribution in [-0.2, 0) is 19.5 Å². The van der Waals surface area contributed by atoms with Crippen molar-refractivity contribution in [3.63, 3.8) is 0 Å². The lowest BCUT2D eigenvalue weighted by Gasteiger charge is -2.39. The van der Waals surface area contributed by atoms with E-state index < -0.39 is 37.9 Å². The van der Waals surface area contributed by atoms with Gasteiger partial charge in [0.25, 0.3) is 15.9 Å². The molecule has 8 rings (SSSR count). The number of sulfonamides is 1. The van der Waals surface area contributed by atoms with Gasteiger partial charge >= 0.3 is 6.09 Å². The number of carbonyl (C=O) groups is 2. The Balaban J connectivity index is 1.000. The predicted molar refractivity (Wildman–Crippen MR) is 248 cm³/mol. The summed E-state index contributed by atoms with van der Waals surface area (Å²) in [6, 6.07) is 18.0. The molecule has 2 N–H and O–H groups in total. The molecule has 3 aliphatic rings. The molecule has 0 aliphatic carbocycles. The van der Waals surface area contributed by atoms with Crippen LogP contribution in [0.3, 0.4) is 0 Å². The summed E-state index contributed by atoms with van der Waals surface area (Å²) >= 11 is 12.6. The number of rotatable bonds is 12. The molecular formula is C47H50Cl2F2N6O8S. The molecule has 0 saturated carbocycles. The van der Waals surface area contributed by atoms with Crippen LogP contribution in [0.25, 0.3) is 16.5 Å². The van der Waals surface area contributed by atoms with Gasteiger partial charge in [0.15, 0.2) is 11.6 Å². The second-order valence-electron chi connectivity index (χ2n) is 17.6. The van der Waals surface area contributed by atoms with Crippen molar-refractivity contribution in [1.82, 2.24) is 24.5 Å². The number of H-pyrrole nitrogens is 1. The van der Waals surface area contributed by atoms with Crippen molar-refractivity contribution in [2.45, 2.75) is 56.2 Å². The Morgan fingerprint density at radius 3 is 2.41 bits per heavy atom. The third kappa shape index (κ3) is 11.2. The van der Waals surface area contributed by atoms with Gasteiger partial charge in [-0.3, -0.25) is 9.69 Å². The monoisotopic (exact) mass is 966 g/mol. The topological polar surface area (TPSA) is 156 Å². The summed E-state index contributed by atoms with van der Waals surface area (Å²) in [6.45, 7) is 9.64. The number of pyridine rings is 1. The van der Waals surface area contributed by atoms with Crippen LogP contribution in [0.2, 0.25) is 10.0 Å². The second kappa shape index (κ2) is 19.4. The Morgan fingerprint density at radius 2 is 1.70 bits per heavy atom. The zero-order chi connectivity index (χ0) is 46.8. The largest absolute Gasteiger partial charge is 0.473 e. The van der Waals surface area contributed by atoms with Crippen molar-refractivity contribution < 1.29 is 45.7 Å². The third-order valence-corrected chi connectivity index (χ3v) is 13.5. The maximum atomic E-state index is 15.5. The number of carbonyl (C=O) groups excluding carboxylic acids is 2. The van der Waals surface area contributed by atoms with E-state index >= 15 is 8.78 Å². The summed E-state index contributed by atoms with van der Waals surface area (Å²) in [7, 11) is -4.58. The van der Waals surface area contributed by atoms with Gasteiger partial charge in [-0.05, 0) is 86.4 Å². The van der Waals surface area contributed by atoms with E-state index in [1.807, 2.05) is 45.0 Å². The van der Waals surface area contributed by atoms with Crippen molar-refractivity contribution in [2.24, 2.45) is 0 Å². The summed E-state index contributed by atoms with van der Waals surface area (Å²) < 4.78 is 82.4. The normalized spacial score (nSPS) is 17.2. The molecule has 0 spiro atoms. The number of halogens is 4. The first-order chi connectivity index (χ1) is 31.4. The minimum Gasteiger partial charge on any atom is -0.473 e. The van der Waals surface area contributed by atoms with Crippen LogP contribution in [0.15, 0.2) is 89.6 Å². The van der Waals surface area contributed by atoms with Gasteiger partial charge in [-0.2, -0.15) is 0 Å². The lowest BCUT2D eigenvalue weighted by Crippen LogP contribution is -2.48. The highest BCUT2D eigenvalue weighted by Crippen LogP contribution is 2.36. The quantitative estimate of drug-likeness (QED) is 0.123. The van der Waals surface area contributed by atoms with Crippen molar-refractivity contribution in [3.05, 3.63) is 112 Å². The molecule has 3 aliphatic heterocycles. The van der Waals surface area contributed by atoms with Crippen LogP contribution < -0.4 is 19.1 Å². The molecule has 0 radical (unpaired) electrons. The van der Waals surface area contributed by atoms with E-state index in [1.165, 1.54) is 23.8 Å². The zero-order valence-electron chi connectivity index (χ0n) is 36.7. The molecular weight excluding hydrogens is 918 g/mol. The number of aromatic nitrogens is 2. The molecule has 3 aromatic carbocycles. The number of anilines is 1. The van der Waals surface area contributed by atoms with Gasteiger partial charge in [-0.1, -0.05) is 35.3 Å². The highest BCUT2D eigenvalue weighted by atomic mass is 35.5. The number of nitrogens with one attached hydrogen (secondary N) is 2. The first-order valence-corrected chi connectivity index (χ1v) is 23.8. The number of benzene rings is 3. The highest BCUT2D eigenvalue weighted by Gasteiger charge is 2.34. The summed E-state index contributed by atoms with van der Waals surface area (Å²) in [5, 5.41) is 1.09. The summed E-state index contributed by atoms with van der Waals surface area (Å²) in [5.41, 5.74) is 2.05. The van der Waals surface area contributed by atoms with E-state index in [2.05, 4.69) is 24.5 Å². The van der Waals surface area contributed by atoms with Gasteiger partial charge in [-0.15, -0.1) is 0 Å². The molecule has 2 fully saturated rings. The van der Waals surface area contributed by atoms with E-state index in [0.717, 1.165) is 23.4 Å². The van der Waals surface area contributed by atoms with E-state index in [9.17, 15) is 18.0 Å². The van der Waals surface area contributed by atoms with Gasteiger partial charge in [0.05, 0.1) is 11.8 Å². The maximum absolute atomic E-state index is 15.5. The Hall–Kier alpha value is -5.46. The molecule has 2 amide bonds. The Labute approximate surface area is 391 Å². The smallest absolute Gasteiger partial charge is 0.410 e. The fourth-order valence-electron chi connectivity index (χ4n) is 8.10. The molecule has 0 unspecified atom stereocenters. The van der Waals surface area contributed by atoms with Gasteiger partial charge in [0.1, 0.15) is 33.5 Å². The van der Waals surface area contributed by atoms with Crippen LogP contribution in [0.4, 0.5) is 19.3 Å². The van der Waals surface area contributed by atoms with Gasteiger partial charge in [-0.25, -0.2) is 31.7 Å². The van der Waals surface area contributed by atoms with Crippen LogP contribution in [0.5, 0.6) is 17.4 Å².